The minimum absolute atomic E-state index is 0.0476. The molecule has 0 spiro atoms. The van der Waals surface area contributed by atoms with Crippen molar-refractivity contribution in [2.75, 3.05) is 17.6 Å². The average molecular weight is 273 g/mol. The first-order valence-corrected chi connectivity index (χ1v) is 7.67. The molecule has 3 N–H and O–H groups in total. The van der Waals surface area contributed by atoms with Crippen LogP contribution in [-0.4, -0.2) is 23.5 Å². The summed E-state index contributed by atoms with van der Waals surface area (Å²) in [4.78, 5) is 14.6. The number of amides is 2. The average Bonchev–Trinajstić information content (AvgIpc) is 2.49. The predicted octanol–water partition coefficient (Wildman–Crippen LogP) is 3.46. The van der Waals surface area contributed by atoms with Crippen LogP contribution in [0.5, 0.6) is 0 Å². The van der Waals surface area contributed by atoms with Gasteiger partial charge in [-0.3, -0.25) is 0 Å². The maximum atomic E-state index is 12.5. The van der Waals surface area contributed by atoms with Crippen LogP contribution >= 0.6 is 0 Å². The normalized spacial score (nSPS) is 25.9. The molecule has 0 radical (unpaired) electrons. The summed E-state index contributed by atoms with van der Waals surface area (Å²) in [5.41, 5.74) is 7.20. The van der Waals surface area contributed by atoms with E-state index in [1.54, 1.807) is 0 Å². The molecule has 1 aromatic rings. The van der Waals surface area contributed by atoms with Gasteiger partial charge in [0.15, 0.2) is 0 Å². The van der Waals surface area contributed by atoms with Crippen molar-refractivity contribution in [3.05, 3.63) is 24.3 Å². The number of anilines is 2. The number of likely N-dealkylation sites (tertiary alicyclic amines) is 1. The van der Waals surface area contributed by atoms with E-state index in [2.05, 4.69) is 10.2 Å². The second-order valence-corrected chi connectivity index (χ2v) is 6.00. The van der Waals surface area contributed by atoms with Crippen molar-refractivity contribution < 1.29 is 4.79 Å². The number of rotatable bonds is 1. The van der Waals surface area contributed by atoms with Crippen LogP contribution in [0.25, 0.3) is 0 Å². The van der Waals surface area contributed by atoms with E-state index in [9.17, 15) is 4.79 Å². The molecule has 2 amide bonds. The molecule has 0 aromatic heterocycles. The number of carbonyl (C=O) groups is 1. The zero-order valence-electron chi connectivity index (χ0n) is 11.8. The summed E-state index contributed by atoms with van der Waals surface area (Å²) < 4.78 is 0. The first-order chi connectivity index (χ1) is 9.74. The Kier molecular flexibility index (Phi) is 3.81. The van der Waals surface area contributed by atoms with Gasteiger partial charge in [-0.25, -0.2) is 4.79 Å². The Morgan fingerprint density at radius 1 is 1.10 bits per heavy atom. The van der Waals surface area contributed by atoms with Gasteiger partial charge in [0, 0.05) is 24.0 Å². The molecule has 3 rings (SSSR count). The number of nitrogens with one attached hydrogen (secondary N) is 1. The van der Waals surface area contributed by atoms with Gasteiger partial charge in [0.2, 0.25) is 0 Å². The van der Waals surface area contributed by atoms with Gasteiger partial charge in [-0.1, -0.05) is 12.8 Å². The van der Waals surface area contributed by atoms with Crippen molar-refractivity contribution in [2.24, 2.45) is 5.92 Å². The van der Waals surface area contributed by atoms with Gasteiger partial charge in [0.1, 0.15) is 0 Å². The molecule has 108 valence electrons. The Labute approximate surface area is 120 Å². The highest BCUT2D eigenvalue weighted by atomic mass is 16.2. The third kappa shape index (κ3) is 2.74. The molecule has 1 heterocycles. The van der Waals surface area contributed by atoms with Gasteiger partial charge in [-0.15, -0.1) is 0 Å². The van der Waals surface area contributed by atoms with Crippen LogP contribution in [0.15, 0.2) is 24.3 Å². The summed E-state index contributed by atoms with van der Waals surface area (Å²) >= 11 is 0. The molecular formula is C16H23N3O. The minimum Gasteiger partial charge on any atom is -0.399 e. The molecule has 2 unspecified atom stereocenters. The van der Waals surface area contributed by atoms with Gasteiger partial charge in [-0.2, -0.15) is 0 Å². The Morgan fingerprint density at radius 3 is 2.60 bits per heavy atom. The summed E-state index contributed by atoms with van der Waals surface area (Å²) in [5, 5.41) is 3.00. The van der Waals surface area contributed by atoms with Crippen LogP contribution in [0.2, 0.25) is 0 Å². The van der Waals surface area contributed by atoms with Crippen LogP contribution in [-0.2, 0) is 0 Å². The molecular weight excluding hydrogens is 250 g/mol. The number of fused-ring (bicyclic) bond motifs is 1. The number of hydrogen-bond acceptors (Lipinski definition) is 2. The molecule has 1 aromatic carbocycles. The van der Waals surface area contributed by atoms with E-state index in [0.717, 1.165) is 24.6 Å². The lowest BCUT2D eigenvalue weighted by Crippen LogP contribution is -2.51. The number of benzene rings is 1. The number of nitrogens with zero attached hydrogens (tertiary/aromatic N) is 1. The first-order valence-electron chi connectivity index (χ1n) is 7.67. The molecule has 2 atom stereocenters. The van der Waals surface area contributed by atoms with Crippen LogP contribution in [0.3, 0.4) is 0 Å². The second kappa shape index (κ2) is 5.73. The lowest BCUT2D eigenvalue weighted by molar-refractivity contribution is 0.0909. The number of carbonyl (C=O) groups excluding carboxylic acids is 1. The van der Waals surface area contributed by atoms with Crippen LogP contribution in [0.1, 0.15) is 38.5 Å². The van der Waals surface area contributed by atoms with E-state index in [0.29, 0.717) is 11.7 Å². The largest absolute Gasteiger partial charge is 0.399 e. The van der Waals surface area contributed by atoms with Crippen LogP contribution < -0.4 is 11.1 Å². The monoisotopic (exact) mass is 273 g/mol. The summed E-state index contributed by atoms with van der Waals surface area (Å²) in [6.07, 6.45) is 7.46. The summed E-state index contributed by atoms with van der Waals surface area (Å²) in [6.45, 7) is 0.891. The lowest BCUT2D eigenvalue weighted by atomic mass is 9.78. The fourth-order valence-corrected chi connectivity index (χ4v) is 3.64. The van der Waals surface area contributed by atoms with Crippen molar-refractivity contribution in [1.82, 2.24) is 4.90 Å². The van der Waals surface area contributed by atoms with Crippen molar-refractivity contribution in [1.29, 1.82) is 0 Å². The van der Waals surface area contributed by atoms with Gasteiger partial charge in [-0.05, 0) is 55.9 Å². The summed E-state index contributed by atoms with van der Waals surface area (Å²) in [7, 11) is 0. The van der Waals surface area contributed by atoms with Gasteiger partial charge < -0.3 is 16.0 Å². The molecule has 4 nitrogen and oxygen atoms in total. The molecule has 1 aliphatic heterocycles. The highest BCUT2D eigenvalue weighted by Gasteiger charge is 2.35. The molecule has 2 aliphatic rings. The van der Waals surface area contributed by atoms with Gasteiger partial charge >= 0.3 is 6.03 Å². The fraction of sp³-hybridized carbons (Fsp3) is 0.562. The summed E-state index contributed by atoms with van der Waals surface area (Å²) in [5.74, 6) is 0.717. The van der Waals surface area contributed by atoms with E-state index in [1.165, 1.54) is 32.1 Å². The Balaban J connectivity index is 1.67. The molecule has 2 fully saturated rings. The first kappa shape index (κ1) is 13.3. The highest BCUT2D eigenvalue weighted by molar-refractivity contribution is 5.89. The van der Waals surface area contributed by atoms with Crippen molar-refractivity contribution in [2.45, 2.75) is 44.6 Å². The van der Waals surface area contributed by atoms with E-state index < -0.39 is 0 Å². The van der Waals surface area contributed by atoms with Crippen molar-refractivity contribution >= 4 is 17.4 Å². The minimum atomic E-state index is 0.0476. The number of nitrogen functional groups attached to an aromatic ring is 1. The van der Waals surface area contributed by atoms with E-state index in [-0.39, 0.29) is 6.03 Å². The number of urea groups is 1. The SMILES string of the molecule is Nc1ccc(NC(=O)N2CCCC3CCCCC32)cc1. The molecule has 1 saturated carbocycles. The maximum absolute atomic E-state index is 12.5. The standard InChI is InChI=1S/C16H23N3O/c17-13-7-9-14(10-8-13)18-16(20)19-11-3-5-12-4-1-2-6-15(12)19/h7-10,12,15H,1-6,11,17H2,(H,18,20). The van der Waals surface area contributed by atoms with E-state index in [1.807, 2.05) is 24.3 Å². The maximum Gasteiger partial charge on any atom is 0.322 e. The number of nitrogens with two attached hydrogens (primary N) is 1. The Bertz CT molecular complexity index is 469. The van der Waals surface area contributed by atoms with Gasteiger partial charge in [0.25, 0.3) is 0 Å². The third-order valence-corrected chi connectivity index (χ3v) is 4.67. The van der Waals surface area contributed by atoms with E-state index >= 15 is 0 Å². The fourth-order valence-electron chi connectivity index (χ4n) is 3.64. The summed E-state index contributed by atoms with van der Waals surface area (Å²) in [6, 6.07) is 7.84. The zero-order chi connectivity index (χ0) is 13.9. The third-order valence-electron chi connectivity index (χ3n) is 4.67. The second-order valence-electron chi connectivity index (χ2n) is 6.00. The predicted molar refractivity (Wildman–Crippen MR) is 81.6 cm³/mol. The Hall–Kier alpha value is -1.71. The molecule has 0 bridgehead atoms. The number of piperidine rings is 1. The molecule has 4 heteroatoms. The van der Waals surface area contributed by atoms with Crippen molar-refractivity contribution in [3.63, 3.8) is 0 Å². The molecule has 20 heavy (non-hydrogen) atoms. The number of hydrogen-bond donors (Lipinski definition) is 2. The molecule has 1 aliphatic carbocycles. The topological polar surface area (TPSA) is 58.4 Å². The van der Waals surface area contributed by atoms with Crippen LogP contribution in [0.4, 0.5) is 16.2 Å². The highest BCUT2D eigenvalue weighted by Crippen LogP contribution is 2.35. The van der Waals surface area contributed by atoms with Gasteiger partial charge in [0.05, 0.1) is 0 Å². The van der Waals surface area contributed by atoms with Crippen molar-refractivity contribution in [3.8, 4) is 0 Å². The smallest absolute Gasteiger partial charge is 0.322 e. The van der Waals surface area contributed by atoms with Crippen LogP contribution in [0, 0.1) is 5.92 Å². The lowest BCUT2D eigenvalue weighted by Gasteiger charge is -2.44. The quantitative estimate of drug-likeness (QED) is 0.770. The Morgan fingerprint density at radius 2 is 1.80 bits per heavy atom. The zero-order valence-corrected chi connectivity index (χ0v) is 11.8. The molecule has 1 saturated heterocycles. The van der Waals surface area contributed by atoms with E-state index in [4.69, 9.17) is 5.73 Å².